The van der Waals surface area contributed by atoms with Crippen LogP contribution < -0.4 is 0 Å². The van der Waals surface area contributed by atoms with Crippen molar-refractivity contribution in [1.82, 2.24) is 4.90 Å². The van der Waals surface area contributed by atoms with Crippen molar-refractivity contribution < 1.29 is 8.42 Å². The van der Waals surface area contributed by atoms with Gasteiger partial charge in [0.25, 0.3) is 0 Å². The number of nitriles is 1. The Balaban J connectivity index is 2.00. The molecule has 4 nitrogen and oxygen atoms in total. The van der Waals surface area contributed by atoms with Gasteiger partial charge in [0.2, 0.25) is 0 Å². The zero-order chi connectivity index (χ0) is 12.3. The molecule has 17 heavy (non-hydrogen) atoms. The monoisotopic (exact) mass is 250 g/mol. The Hall–Kier alpha value is -1.38. The van der Waals surface area contributed by atoms with Gasteiger partial charge in [-0.2, -0.15) is 5.26 Å². The summed E-state index contributed by atoms with van der Waals surface area (Å²) in [5.74, 6) is 0.482. The van der Waals surface area contributed by atoms with Gasteiger partial charge in [0.1, 0.15) is 0 Å². The van der Waals surface area contributed by atoms with Crippen LogP contribution in [-0.4, -0.2) is 37.9 Å². The Morgan fingerprint density at radius 2 is 2.00 bits per heavy atom. The Morgan fingerprint density at radius 1 is 1.29 bits per heavy atom. The molecule has 1 aliphatic rings. The van der Waals surface area contributed by atoms with Crippen LogP contribution in [0.1, 0.15) is 11.1 Å². The fraction of sp³-hybridized carbons (Fsp3) is 0.417. The Bertz CT molecular complexity index is 532. The first-order valence-electron chi connectivity index (χ1n) is 5.51. The largest absolute Gasteiger partial charge is 0.297 e. The lowest BCUT2D eigenvalue weighted by molar-refractivity contribution is 0.287. The highest BCUT2D eigenvalue weighted by Gasteiger charge is 2.21. The lowest BCUT2D eigenvalue weighted by Gasteiger charge is -2.26. The molecule has 1 heterocycles. The van der Waals surface area contributed by atoms with Crippen LogP contribution in [0.2, 0.25) is 0 Å². The van der Waals surface area contributed by atoms with Gasteiger partial charge < -0.3 is 0 Å². The van der Waals surface area contributed by atoms with Gasteiger partial charge in [0.05, 0.1) is 23.1 Å². The highest BCUT2D eigenvalue weighted by molar-refractivity contribution is 7.91. The molecule has 0 atom stereocenters. The minimum atomic E-state index is -2.81. The molecule has 0 unspecified atom stereocenters. The normalized spacial score (nSPS) is 19.7. The molecule has 0 aliphatic carbocycles. The molecule has 2 rings (SSSR count). The topological polar surface area (TPSA) is 61.2 Å². The lowest BCUT2D eigenvalue weighted by Crippen LogP contribution is -2.39. The van der Waals surface area contributed by atoms with Gasteiger partial charge >= 0.3 is 0 Å². The molecule has 0 spiro atoms. The summed E-state index contributed by atoms with van der Waals surface area (Å²) < 4.78 is 22.6. The number of rotatable bonds is 2. The minimum Gasteiger partial charge on any atom is -0.297 e. The van der Waals surface area contributed by atoms with Gasteiger partial charge in [-0.05, 0) is 17.7 Å². The van der Waals surface area contributed by atoms with E-state index in [4.69, 9.17) is 5.26 Å². The summed E-state index contributed by atoms with van der Waals surface area (Å²) in [6.45, 7) is 1.88. The maximum absolute atomic E-state index is 11.3. The van der Waals surface area contributed by atoms with E-state index in [1.54, 1.807) is 6.07 Å². The summed E-state index contributed by atoms with van der Waals surface area (Å²) in [6, 6.07) is 9.54. The van der Waals surface area contributed by atoms with Gasteiger partial charge in [0, 0.05) is 19.6 Å². The summed E-state index contributed by atoms with van der Waals surface area (Å²) in [5.41, 5.74) is 1.70. The third-order valence-corrected chi connectivity index (χ3v) is 4.51. The molecule has 1 aliphatic heterocycles. The van der Waals surface area contributed by atoms with Crippen LogP contribution in [-0.2, 0) is 16.4 Å². The van der Waals surface area contributed by atoms with E-state index in [1.807, 2.05) is 18.2 Å². The standard InChI is InChI=1S/C12H14N2O2S/c13-9-11-2-1-3-12(8-11)10-14-4-6-17(15,16)7-5-14/h1-3,8H,4-7,10H2. The molecule has 1 aromatic carbocycles. The molecular weight excluding hydrogens is 236 g/mol. The van der Waals surface area contributed by atoms with E-state index in [9.17, 15) is 8.42 Å². The third-order valence-electron chi connectivity index (χ3n) is 2.90. The first kappa shape index (κ1) is 12.1. The summed E-state index contributed by atoms with van der Waals surface area (Å²) in [6.07, 6.45) is 0. The number of sulfone groups is 1. The highest BCUT2D eigenvalue weighted by Crippen LogP contribution is 2.11. The number of hydrogen-bond acceptors (Lipinski definition) is 4. The second-order valence-corrected chi connectivity index (χ2v) is 6.54. The fourth-order valence-electron chi connectivity index (χ4n) is 1.91. The Labute approximate surface area is 101 Å². The molecule has 1 fully saturated rings. The van der Waals surface area contributed by atoms with E-state index >= 15 is 0 Å². The van der Waals surface area contributed by atoms with E-state index in [2.05, 4.69) is 11.0 Å². The van der Waals surface area contributed by atoms with Crippen LogP contribution in [0.25, 0.3) is 0 Å². The van der Waals surface area contributed by atoms with Crippen molar-refractivity contribution in [2.24, 2.45) is 0 Å². The zero-order valence-corrected chi connectivity index (χ0v) is 10.3. The van der Waals surface area contributed by atoms with Gasteiger partial charge in [-0.1, -0.05) is 12.1 Å². The maximum atomic E-state index is 11.3. The Morgan fingerprint density at radius 3 is 2.65 bits per heavy atom. The SMILES string of the molecule is N#Cc1cccc(CN2CCS(=O)(=O)CC2)c1. The van der Waals surface area contributed by atoms with E-state index in [0.29, 0.717) is 25.2 Å². The predicted octanol–water partition coefficient (Wildman–Crippen LogP) is 0.789. The fourth-order valence-corrected chi connectivity index (χ4v) is 3.18. The van der Waals surface area contributed by atoms with Crippen molar-refractivity contribution in [2.75, 3.05) is 24.6 Å². The van der Waals surface area contributed by atoms with Gasteiger partial charge in [-0.25, -0.2) is 8.42 Å². The van der Waals surface area contributed by atoms with E-state index in [-0.39, 0.29) is 11.5 Å². The average molecular weight is 250 g/mol. The smallest absolute Gasteiger partial charge is 0.152 e. The minimum absolute atomic E-state index is 0.241. The molecular formula is C12H14N2O2S. The van der Waals surface area contributed by atoms with Crippen LogP contribution in [0.15, 0.2) is 24.3 Å². The van der Waals surface area contributed by atoms with Gasteiger partial charge in [-0.15, -0.1) is 0 Å². The van der Waals surface area contributed by atoms with Gasteiger partial charge in [0.15, 0.2) is 9.84 Å². The molecule has 0 amide bonds. The molecule has 0 bridgehead atoms. The van der Waals surface area contributed by atoms with Crippen molar-refractivity contribution in [2.45, 2.75) is 6.54 Å². The van der Waals surface area contributed by atoms with E-state index < -0.39 is 9.84 Å². The van der Waals surface area contributed by atoms with E-state index in [0.717, 1.165) is 5.56 Å². The van der Waals surface area contributed by atoms with Crippen molar-refractivity contribution in [1.29, 1.82) is 5.26 Å². The highest BCUT2D eigenvalue weighted by atomic mass is 32.2. The predicted molar refractivity (Wildman–Crippen MR) is 65.1 cm³/mol. The van der Waals surface area contributed by atoms with Crippen molar-refractivity contribution in [3.05, 3.63) is 35.4 Å². The van der Waals surface area contributed by atoms with Crippen LogP contribution in [0, 0.1) is 11.3 Å². The second-order valence-electron chi connectivity index (χ2n) is 4.24. The van der Waals surface area contributed by atoms with Crippen LogP contribution in [0.3, 0.4) is 0 Å². The summed E-state index contributed by atoms with van der Waals surface area (Å²) >= 11 is 0. The van der Waals surface area contributed by atoms with Crippen LogP contribution in [0.4, 0.5) is 0 Å². The molecule has 90 valence electrons. The summed E-state index contributed by atoms with van der Waals surface area (Å²) in [5, 5.41) is 8.79. The molecule has 1 saturated heterocycles. The Kier molecular flexibility index (Phi) is 3.46. The molecule has 0 saturated carbocycles. The molecule has 1 aromatic rings. The van der Waals surface area contributed by atoms with Crippen LogP contribution >= 0.6 is 0 Å². The first-order valence-corrected chi connectivity index (χ1v) is 7.33. The molecule has 0 aromatic heterocycles. The second kappa shape index (κ2) is 4.86. The summed E-state index contributed by atoms with van der Waals surface area (Å²) in [7, 11) is -2.81. The first-order chi connectivity index (χ1) is 8.09. The summed E-state index contributed by atoms with van der Waals surface area (Å²) in [4.78, 5) is 2.11. The third kappa shape index (κ3) is 3.29. The number of nitrogens with zero attached hydrogens (tertiary/aromatic N) is 2. The molecule has 5 heteroatoms. The lowest BCUT2D eigenvalue weighted by atomic mass is 10.1. The number of benzene rings is 1. The van der Waals surface area contributed by atoms with Crippen molar-refractivity contribution in [3.8, 4) is 6.07 Å². The van der Waals surface area contributed by atoms with E-state index in [1.165, 1.54) is 0 Å². The quantitative estimate of drug-likeness (QED) is 0.778. The number of hydrogen-bond donors (Lipinski definition) is 0. The van der Waals surface area contributed by atoms with Crippen molar-refractivity contribution >= 4 is 9.84 Å². The average Bonchev–Trinajstić information content (AvgIpc) is 2.32. The molecule has 0 radical (unpaired) electrons. The van der Waals surface area contributed by atoms with Gasteiger partial charge in [-0.3, -0.25) is 4.90 Å². The molecule has 0 N–H and O–H groups in total. The van der Waals surface area contributed by atoms with Crippen LogP contribution in [0.5, 0.6) is 0 Å². The maximum Gasteiger partial charge on any atom is 0.152 e. The van der Waals surface area contributed by atoms with Crippen molar-refractivity contribution in [3.63, 3.8) is 0 Å². The zero-order valence-electron chi connectivity index (χ0n) is 9.46.